The zero-order valence-electron chi connectivity index (χ0n) is 13.4. The van der Waals surface area contributed by atoms with Crippen LogP contribution in [0.15, 0.2) is 57.7 Å². The van der Waals surface area contributed by atoms with Gasteiger partial charge in [0.2, 0.25) is 5.76 Å². The van der Waals surface area contributed by atoms with Gasteiger partial charge in [-0.15, -0.1) is 0 Å². The van der Waals surface area contributed by atoms with Crippen molar-refractivity contribution in [2.45, 2.75) is 6.18 Å². The number of imidazole rings is 1. The van der Waals surface area contributed by atoms with Crippen molar-refractivity contribution in [1.29, 1.82) is 0 Å². The number of hydrogen-bond donors (Lipinski definition) is 1. The number of aromatic nitrogens is 3. The monoisotopic (exact) mass is 430 g/mol. The molecule has 4 rings (SSSR count). The number of H-pyrrole nitrogens is 1. The van der Waals surface area contributed by atoms with Gasteiger partial charge in [0, 0.05) is 35.6 Å². The quantitative estimate of drug-likeness (QED) is 0.439. The molecule has 4 nitrogen and oxygen atoms in total. The maximum Gasteiger partial charge on any atom is 0.417 e. The SMILES string of the molecule is FC(F)(F)c1ccccc1-c1ccc2[nH]c(-c3cc(Br)no3)nc2c1.[Na]. The fourth-order valence-electron chi connectivity index (χ4n) is 2.64. The van der Waals surface area contributed by atoms with Gasteiger partial charge in [-0.1, -0.05) is 29.4 Å². The Morgan fingerprint density at radius 1 is 1.04 bits per heavy atom. The molecule has 1 radical (unpaired) electrons. The number of aromatic amines is 1. The molecule has 0 atom stereocenters. The second kappa shape index (κ2) is 7.19. The maximum absolute atomic E-state index is 13.2. The first kappa shape index (κ1) is 19.2. The van der Waals surface area contributed by atoms with Crippen molar-refractivity contribution in [2.24, 2.45) is 0 Å². The van der Waals surface area contributed by atoms with Crippen LogP contribution in [0.25, 0.3) is 33.7 Å². The minimum Gasteiger partial charge on any atom is -0.352 e. The molecule has 2 aromatic heterocycles. The predicted molar refractivity (Wildman–Crippen MR) is 95.5 cm³/mol. The Morgan fingerprint density at radius 2 is 1.81 bits per heavy atom. The van der Waals surface area contributed by atoms with Crippen molar-refractivity contribution in [3.05, 3.63) is 58.7 Å². The second-order valence-corrected chi connectivity index (χ2v) is 6.19. The van der Waals surface area contributed by atoms with Gasteiger partial charge in [0.15, 0.2) is 5.82 Å². The van der Waals surface area contributed by atoms with E-state index in [1.54, 1.807) is 30.3 Å². The summed E-state index contributed by atoms with van der Waals surface area (Å²) < 4.78 is 45.3. The van der Waals surface area contributed by atoms with Crippen LogP contribution in [0.3, 0.4) is 0 Å². The molecule has 0 aliphatic carbocycles. The van der Waals surface area contributed by atoms with Crippen LogP contribution in [-0.4, -0.2) is 44.7 Å². The molecule has 0 amide bonds. The van der Waals surface area contributed by atoms with Gasteiger partial charge in [0.1, 0.15) is 4.60 Å². The number of nitrogens with one attached hydrogen (secondary N) is 1. The summed E-state index contributed by atoms with van der Waals surface area (Å²) in [5, 5.41) is 3.72. The molecule has 0 aliphatic heterocycles. The summed E-state index contributed by atoms with van der Waals surface area (Å²) >= 11 is 3.19. The van der Waals surface area contributed by atoms with E-state index >= 15 is 0 Å². The second-order valence-electron chi connectivity index (χ2n) is 5.37. The average molecular weight is 431 g/mol. The molecule has 26 heavy (non-hydrogen) atoms. The van der Waals surface area contributed by atoms with Gasteiger partial charge in [-0.25, -0.2) is 4.98 Å². The van der Waals surface area contributed by atoms with Crippen molar-refractivity contribution in [3.63, 3.8) is 0 Å². The van der Waals surface area contributed by atoms with E-state index in [9.17, 15) is 13.2 Å². The zero-order valence-corrected chi connectivity index (χ0v) is 17.0. The number of benzene rings is 2. The molecule has 4 aromatic rings. The van der Waals surface area contributed by atoms with E-state index in [1.807, 2.05) is 0 Å². The number of rotatable bonds is 2. The third-order valence-corrected chi connectivity index (χ3v) is 4.12. The molecule has 127 valence electrons. The van der Waals surface area contributed by atoms with Gasteiger partial charge in [-0.3, -0.25) is 0 Å². The first-order valence-corrected chi connectivity index (χ1v) is 8.00. The number of hydrogen-bond acceptors (Lipinski definition) is 3. The minimum atomic E-state index is -4.42. The predicted octanol–water partition coefficient (Wildman–Crippen LogP) is 5.29. The number of alkyl halides is 3. The molecule has 0 aliphatic rings. The van der Waals surface area contributed by atoms with E-state index in [0.29, 0.717) is 32.8 Å². The van der Waals surface area contributed by atoms with Gasteiger partial charge in [-0.05, 0) is 45.3 Å². The third kappa shape index (κ3) is 3.59. The van der Waals surface area contributed by atoms with Crippen molar-refractivity contribution < 1.29 is 17.7 Å². The smallest absolute Gasteiger partial charge is 0.352 e. The van der Waals surface area contributed by atoms with Crippen molar-refractivity contribution in [3.8, 4) is 22.7 Å². The van der Waals surface area contributed by atoms with E-state index in [-0.39, 0.29) is 35.1 Å². The zero-order chi connectivity index (χ0) is 17.6. The summed E-state index contributed by atoms with van der Waals surface area (Å²) in [5.41, 5.74) is 1.11. The van der Waals surface area contributed by atoms with Crippen molar-refractivity contribution in [2.75, 3.05) is 0 Å². The standard InChI is InChI=1S/C17H9BrF3N3O.Na/c18-15-8-14(25-24-15)16-22-12-6-5-9(7-13(12)23-16)10-3-1-2-4-11(10)17(19,20)21;/h1-8H,(H,22,23);. The van der Waals surface area contributed by atoms with Crippen LogP contribution >= 0.6 is 15.9 Å². The Labute approximate surface area is 176 Å². The van der Waals surface area contributed by atoms with E-state index in [1.165, 1.54) is 12.1 Å². The van der Waals surface area contributed by atoms with Gasteiger partial charge >= 0.3 is 6.18 Å². The molecule has 0 spiro atoms. The molecule has 0 unspecified atom stereocenters. The van der Waals surface area contributed by atoms with Crippen LogP contribution in [0.1, 0.15) is 5.56 Å². The summed E-state index contributed by atoms with van der Waals surface area (Å²) in [5.74, 6) is 0.884. The molecule has 0 fully saturated rings. The Hall–Kier alpha value is -1.61. The van der Waals surface area contributed by atoms with E-state index < -0.39 is 11.7 Å². The summed E-state index contributed by atoms with van der Waals surface area (Å²) in [4.78, 5) is 7.44. The van der Waals surface area contributed by atoms with Gasteiger partial charge < -0.3 is 9.51 Å². The number of nitrogens with zero attached hydrogens (tertiary/aromatic N) is 2. The topological polar surface area (TPSA) is 54.7 Å². The summed E-state index contributed by atoms with van der Waals surface area (Å²) in [6.07, 6.45) is -4.42. The Morgan fingerprint density at radius 3 is 2.50 bits per heavy atom. The van der Waals surface area contributed by atoms with Gasteiger partial charge in [0.25, 0.3) is 0 Å². The fourth-order valence-corrected chi connectivity index (χ4v) is 2.92. The molecular weight excluding hydrogens is 422 g/mol. The Kier molecular flexibility index (Phi) is 5.30. The van der Waals surface area contributed by atoms with Crippen LogP contribution < -0.4 is 0 Å². The third-order valence-electron chi connectivity index (χ3n) is 3.74. The molecular formula is C17H9BrF3N3NaO. The van der Waals surface area contributed by atoms with Crippen LogP contribution in [0.5, 0.6) is 0 Å². The molecule has 0 bridgehead atoms. The first-order valence-electron chi connectivity index (χ1n) is 7.21. The number of halogens is 4. The van der Waals surface area contributed by atoms with Crippen molar-refractivity contribution >= 4 is 56.5 Å². The van der Waals surface area contributed by atoms with E-state index in [4.69, 9.17) is 4.52 Å². The molecule has 1 N–H and O–H groups in total. The molecule has 0 saturated carbocycles. The van der Waals surface area contributed by atoms with E-state index in [2.05, 4.69) is 31.1 Å². The summed E-state index contributed by atoms with van der Waals surface area (Å²) in [7, 11) is 0. The molecule has 2 heterocycles. The fraction of sp³-hybridized carbons (Fsp3) is 0.0588. The van der Waals surface area contributed by atoms with Crippen LogP contribution in [0.4, 0.5) is 13.2 Å². The minimum absolute atomic E-state index is 0. The Bertz CT molecular complexity index is 1070. The molecule has 2 aromatic carbocycles. The van der Waals surface area contributed by atoms with Gasteiger partial charge in [0.05, 0.1) is 16.6 Å². The first-order chi connectivity index (χ1) is 11.9. The average Bonchev–Trinajstić information content (AvgIpc) is 3.19. The van der Waals surface area contributed by atoms with Crippen LogP contribution in [-0.2, 0) is 6.18 Å². The maximum atomic E-state index is 13.2. The molecule has 0 saturated heterocycles. The summed E-state index contributed by atoms with van der Waals surface area (Å²) in [6.45, 7) is 0. The van der Waals surface area contributed by atoms with E-state index in [0.717, 1.165) is 6.07 Å². The van der Waals surface area contributed by atoms with Crippen LogP contribution in [0, 0.1) is 0 Å². The normalized spacial score (nSPS) is 11.5. The number of fused-ring (bicyclic) bond motifs is 1. The van der Waals surface area contributed by atoms with Gasteiger partial charge in [-0.2, -0.15) is 13.2 Å². The molecule has 9 heteroatoms. The Balaban J connectivity index is 0.00000196. The van der Waals surface area contributed by atoms with Crippen LogP contribution in [0.2, 0.25) is 0 Å². The largest absolute Gasteiger partial charge is 0.417 e. The van der Waals surface area contributed by atoms with Crippen molar-refractivity contribution in [1.82, 2.24) is 15.1 Å². The summed E-state index contributed by atoms with van der Waals surface area (Å²) in [6, 6.07) is 12.1.